The molecular weight excluding hydrogens is 238 g/mol. The lowest BCUT2D eigenvalue weighted by Gasteiger charge is -2.23. The minimum Gasteiger partial charge on any atom is -0.378 e. The van der Waals surface area contributed by atoms with E-state index in [-0.39, 0.29) is 5.91 Å². The van der Waals surface area contributed by atoms with Gasteiger partial charge in [-0.05, 0) is 56.2 Å². The highest BCUT2D eigenvalue weighted by molar-refractivity contribution is 5.82. The Balaban J connectivity index is 2.19. The lowest BCUT2D eigenvalue weighted by molar-refractivity contribution is -0.140. The molecule has 0 aliphatic heterocycles. The van der Waals surface area contributed by atoms with Crippen LogP contribution in [0.2, 0.25) is 0 Å². The molecule has 0 saturated heterocycles. The number of carbonyl (C=O) groups is 1. The molecule has 1 aliphatic carbocycles. The van der Waals surface area contributed by atoms with Crippen LogP contribution in [0.15, 0.2) is 18.2 Å². The topological polar surface area (TPSA) is 40.5 Å². The van der Waals surface area contributed by atoms with Crippen molar-refractivity contribution < 1.29 is 9.90 Å². The maximum Gasteiger partial charge on any atom is 0.256 e. The third-order valence-electron chi connectivity index (χ3n) is 4.00. The molecule has 1 amide bonds. The highest BCUT2D eigenvalue weighted by Crippen LogP contribution is 2.25. The zero-order chi connectivity index (χ0) is 13.8. The highest BCUT2D eigenvalue weighted by atomic mass is 16.3. The van der Waals surface area contributed by atoms with Crippen molar-refractivity contribution in [3.63, 3.8) is 0 Å². The van der Waals surface area contributed by atoms with Gasteiger partial charge in [0.25, 0.3) is 5.91 Å². The van der Waals surface area contributed by atoms with Crippen LogP contribution >= 0.6 is 0 Å². The molecule has 1 aromatic carbocycles. The van der Waals surface area contributed by atoms with Gasteiger partial charge in [0.15, 0.2) is 6.10 Å². The Morgan fingerprint density at radius 2 is 1.84 bits per heavy atom. The summed E-state index contributed by atoms with van der Waals surface area (Å²) >= 11 is 0. The molecule has 1 N–H and O–H groups in total. The Morgan fingerprint density at radius 1 is 1.21 bits per heavy atom. The van der Waals surface area contributed by atoms with Gasteiger partial charge in [-0.25, -0.2) is 0 Å². The number of aliphatic hydroxyl groups excluding tert-OH is 1. The van der Waals surface area contributed by atoms with E-state index in [0.29, 0.717) is 13.1 Å². The molecule has 3 nitrogen and oxygen atoms in total. The summed E-state index contributed by atoms with van der Waals surface area (Å²) in [5, 5.41) is 10.2. The lowest BCUT2D eigenvalue weighted by atomic mass is 9.89. The first-order valence-electron chi connectivity index (χ1n) is 7.26. The first-order valence-corrected chi connectivity index (χ1v) is 7.26. The van der Waals surface area contributed by atoms with Crippen molar-refractivity contribution in [2.24, 2.45) is 0 Å². The van der Waals surface area contributed by atoms with Gasteiger partial charge in [-0.2, -0.15) is 0 Å². The second-order valence-corrected chi connectivity index (χ2v) is 5.15. The maximum absolute atomic E-state index is 12.1. The molecule has 2 rings (SSSR count). The Kier molecular flexibility index (Phi) is 4.59. The highest BCUT2D eigenvalue weighted by Gasteiger charge is 2.22. The quantitative estimate of drug-likeness (QED) is 0.904. The van der Waals surface area contributed by atoms with Gasteiger partial charge >= 0.3 is 0 Å². The molecule has 0 heterocycles. The van der Waals surface area contributed by atoms with Crippen molar-refractivity contribution in [2.45, 2.75) is 45.6 Å². The Labute approximate surface area is 115 Å². The summed E-state index contributed by atoms with van der Waals surface area (Å²) in [6.07, 6.45) is 3.61. The van der Waals surface area contributed by atoms with E-state index in [1.54, 1.807) is 4.90 Å². The monoisotopic (exact) mass is 261 g/mol. The largest absolute Gasteiger partial charge is 0.378 e. The lowest BCUT2D eigenvalue weighted by Crippen LogP contribution is -2.34. The van der Waals surface area contributed by atoms with Gasteiger partial charge in [0, 0.05) is 13.1 Å². The molecule has 3 heteroatoms. The van der Waals surface area contributed by atoms with Crippen molar-refractivity contribution in [1.82, 2.24) is 4.90 Å². The fourth-order valence-electron chi connectivity index (χ4n) is 2.77. The van der Waals surface area contributed by atoms with Gasteiger partial charge in [0.1, 0.15) is 0 Å². The summed E-state index contributed by atoms with van der Waals surface area (Å²) in [6, 6.07) is 5.99. The standard InChI is InChI=1S/C16H23NO2/c1-3-17(4-2)16(19)15(18)14-10-9-12-7-5-6-8-13(12)11-14/h9-11,15,18H,3-8H2,1-2H3. The molecule has 1 unspecified atom stereocenters. The van der Waals surface area contributed by atoms with Crippen molar-refractivity contribution in [1.29, 1.82) is 0 Å². The van der Waals surface area contributed by atoms with Crippen molar-refractivity contribution >= 4 is 5.91 Å². The van der Waals surface area contributed by atoms with Crippen LogP contribution in [0.25, 0.3) is 0 Å². The first kappa shape index (κ1) is 14.1. The van der Waals surface area contributed by atoms with E-state index in [4.69, 9.17) is 0 Å². The van der Waals surface area contributed by atoms with E-state index in [1.165, 1.54) is 24.0 Å². The second kappa shape index (κ2) is 6.20. The van der Waals surface area contributed by atoms with Crippen LogP contribution in [0.4, 0.5) is 0 Å². The van der Waals surface area contributed by atoms with Crippen molar-refractivity contribution in [3.05, 3.63) is 34.9 Å². The van der Waals surface area contributed by atoms with Gasteiger partial charge < -0.3 is 10.0 Å². The first-order chi connectivity index (χ1) is 9.17. The summed E-state index contributed by atoms with van der Waals surface area (Å²) in [4.78, 5) is 13.8. The van der Waals surface area contributed by atoms with Crippen LogP contribution in [-0.4, -0.2) is 29.0 Å². The molecule has 0 spiro atoms. The molecule has 104 valence electrons. The van der Waals surface area contributed by atoms with Gasteiger partial charge in [-0.15, -0.1) is 0 Å². The average Bonchev–Trinajstić information content (AvgIpc) is 2.47. The molecule has 0 fully saturated rings. The number of benzene rings is 1. The van der Waals surface area contributed by atoms with Crippen LogP contribution in [-0.2, 0) is 17.6 Å². The van der Waals surface area contributed by atoms with Crippen LogP contribution in [0.3, 0.4) is 0 Å². The predicted molar refractivity (Wildman–Crippen MR) is 76.0 cm³/mol. The fourth-order valence-corrected chi connectivity index (χ4v) is 2.77. The molecular formula is C16H23NO2. The third kappa shape index (κ3) is 2.98. The Hall–Kier alpha value is -1.35. The molecule has 1 atom stereocenters. The minimum atomic E-state index is -1.02. The van der Waals surface area contributed by atoms with E-state index >= 15 is 0 Å². The summed E-state index contributed by atoms with van der Waals surface area (Å²) < 4.78 is 0. The number of amides is 1. The van der Waals surface area contributed by atoms with E-state index in [2.05, 4.69) is 6.07 Å². The smallest absolute Gasteiger partial charge is 0.256 e. The second-order valence-electron chi connectivity index (χ2n) is 5.15. The normalized spacial score (nSPS) is 15.7. The zero-order valence-corrected chi connectivity index (χ0v) is 11.9. The number of hydrogen-bond acceptors (Lipinski definition) is 2. The Morgan fingerprint density at radius 3 is 2.47 bits per heavy atom. The number of aliphatic hydroxyl groups is 1. The molecule has 0 saturated carbocycles. The summed E-state index contributed by atoms with van der Waals surface area (Å²) in [5.74, 6) is -0.194. The molecule has 19 heavy (non-hydrogen) atoms. The average molecular weight is 261 g/mol. The summed E-state index contributed by atoms with van der Waals surface area (Å²) in [5.41, 5.74) is 3.41. The Bertz CT molecular complexity index is 452. The van der Waals surface area contributed by atoms with Crippen LogP contribution < -0.4 is 0 Å². The molecule has 1 aromatic rings. The summed E-state index contributed by atoms with van der Waals surface area (Å²) in [7, 11) is 0. The number of aryl methyl sites for hydroxylation is 2. The van der Waals surface area contributed by atoms with E-state index in [0.717, 1.165) is 18.4 Å². The van der Waals surface area contributed by atoms with Gasteiger partial charge in [0.05, 0.1) is 0 Å². The number of carbonyl (C=O) groups excluding carboxylic acids is 1. The van der Waals surface area contributed by atoms with Gasteiger partial charge in [-0.3, -0.25) is 4.79 Å². The predicted octanol–water partition coefficient (Wildman–Crippen LogP) is 2.47. The molecule has 0 bridgehead atoms. The van der Waals surface area contributed by atoms with Crippen LogP contribution in [0.1, 0.15) is 49.5 Å². The zero-order valence-electron chi connectivity index (χ0n) is 11.9. The van der Waals surface area contributed by atoms with Gasteiger partial charge in [0.2, 0.25) is 0 Å². The van der Waals surface area contributed by atoms with E-state index in [1.807, 2.05) is 26.0 Å². The molecule has 0 aromatic heterocycles. The fraction of sp³-hybridized carbons (Fsp3) is 0.562. The minimum absolute atomic E-state index is 0.194. The van der Waals surface area contributed by atoms with Gasteiger partial charge in [-0.1, -0.05) is 18.2 Å². The van der Waals surface area contributed by atoms with E-state index < -0.39 is 6.10 Å². The van der Waals surface area contributed by atoms with Crippen LogP contribution in [0.5, 0.6) is 0 Å². The molecule has 0 radical (unpaired) electrons. The number of nitrogens with zero attached hydrogens (tertiary/aromatic N) is 1. The number of likely N-dealkylation sites (N-methyl/N-ethyl adjacent to an activating group) is 1. The number of fused-ring (bicyclic) bond motifs is 1. The summed E-state index contributed by atoms with van der Waals surface area (Å²) in [6.45, 7) is 5.14. The van der Waals surface area contributed by atoms with Crippen LogP contribution in [0, 0.1) is 0 Å². The number of rotatable bonds is 4. The third-order valence-corrected chi connectivity index (χ3v) is 4.00. The number of hydrogen-bond donors (Lipinski definition) is 1. The van der Waals surface area contributed by atoms with Crippen molar-refractivity contribution in [2.75, 3.05) is 13.1 Å². The molecule has 1 aliphatic rings. The SMILES string of the molecule is CCN(CC)C(=O)C(O)c1ccc2c(c1)CCCC2. The van der Waals surface area contributed by atoms with E-state index in [9.17, 15) is 9.90 Å². The maximum atomic E-state index is 12.1. The van der Waals surface area contributed by atoms with Crippen molar-refractivity contribution in [3.8, 4) is 0 Å².